The summed E-state index contributed by atoms with van der Waals surface area (Å²) in [5.41, 5.74) is 1.23. The van der Waals surface area contributed by atoms with E-state index in [0.29, 0.717) is 21.3 Å². The van der Waals surface area contributed by atoms with Crippen molar-refractivity contribution in [3.63, 3.8) is 0 Å². The molecule has 2 atom stereocenters. The second-order valence-electron chi connectivity index (χ2n) is 5.35. The van der Waals surface area contributed by atoms with E-state index in [9.17, 15) is 5.26 Å². The lowest BCUT2D eigenvalue weighted by atomic mass is 9.94. The molecule has 0 radical (unpaired) electrons. The molecule has 5 heteroatoms. The number of thioether (sulfide) groups is 1. The Labute approximate surface area is 161 Å². The maximum atomic E-state index is 9.66. The van der Waals surface area contributed by atoms with E-state index in [2.05, 4.69) is 23.2 Å². The van der Waals surface area contributed by atoms with Crippen LogP contribution in [0.3, 0.4) is 0 Å². The molecule has 0 amide bonds. The van der Waals surface area contributed by atoms with Crippen molar-refractivity contribution in [1.29, 1.82) is 5.26 Å². The Morgan fingerprint density at radius 2 is 1.72 bits per heavy atom. The molecule has 2 aromatic rings. The molecule has 1 aliphatic rings. The van der Waals surface area contributed by atoms with Crippen molar-refractivity contribution in [3.8, 4) is 6.07 Å². The average Bonchev–Trinajstić information content (AvgIpc) is 2.85. The fourth-order valence-electron chi connectivity index (χ4n) is 2.49. The lowest BCUT2D eigenvalue weighted by Crippen LogP contribution is -2.09. The summed E-state index contributed by atoms with van der Waals surface area (Å²) >= 11 is 14.2. The van der Waals surface area contributed by atoms with Crippen LogP contribution in [0.5, 0.6) is 0 Å². The smallest absolute Gasteiger partial charge is 0.116 e. The first-order valence-electron chi connectivity index (χ1n) is 7.67. The maximum absolute atomic E-state index is 9.66. The summed E-state index contributed by atoms with van der Waals surface area (Å²) in [7, 11) is 0. The zero-order valence-corrected chi connectivity index (χ0v) is 15.5. The fourth-order valence-corrected chi connectivity index (χ4v) is 4.04. The summed E-state index contributed by atoms with van der Waals surface area (Å²) in [6.07, 6.45) is 7.66. The second-order valence-corrected chi connectivity index (χ2v) is 7.41. The summed E-state index contributed by atoms with van der Waals surface area (Å²) < 4.78 is 0. The molecule has 0 aromatic heterocycles. The van der Waals surface area contributed by atoms with Crippen LogP contribution in [0.2, 0.25) is 10.0 Å². The summed E-state index contributed by atoms with van der Waals surface area (Å²) in [4.78, 5) is 5.62. The van der Waals surface area contributed by atoms with Gasteiger partial charge in [0.1, 0.15) is 5.92 Å². The van der Waals surface area contributed by atoms with Gasteiger partial charge in [0.05, 0.1) is 11.8 Å². The van der Waals surface area contributed by atoms with Gasteiger partial charge >= 0.3 is 0 Å². The maximum Gasteiger partial charge on any atom is 0.116 e. The molecule has 2 aromatic carbocycles. The summed E-state index contributed by atoms with van der Waals surface area (Å²) in [5, 5.41) is 10.7. The molecule has 0 spiro atoms. The Bertz CT molecular complexity index is 862. The van der Waals surface area contributed by atoms with Gasteiger partial charge in [0.25, 0.3) is 0 Å². The molecule has 1 unspecified atom stereocenters. The molecule has 0 aliphatic carbocycles. The molecule has 1 aliphatic heterocycles. The first kappa shape index (κ1) is 17.8. The third-order valence-corrected chi connectivity index (χ3v) is 5.47. The molecule has 0 N–H and O–H groups in total. The van der Waals surface area contributed by atoms with Crippen molar-refractivity contribution >= 4 is 40.7 Å². The number of hydrogen-bond acceptors (Lipinski definition) is 3. The van der Waals surface area contributed by atoms with Gasteiger partial charge in [-0.05, 0) is 36.4 Å². The van der Waals surface area contributed by atoms with Gasteiger partial charge in [0, 0.05) is 32.0 Å². The predicted molar refractivity (Wildman–Crippen MR) is 107 cm³/mol. The number of allylic oxidation sites excluding steroid dienone is 1. The van der Waals surface area contributed by atoms with Crippen molar-refractivity contribution in [1.82, 2.24) is 0 Å². The number of aliphatic imine (C=N–C) groups is 1. The Kier molecular flexibility index (Phi) is 5.99. The highest BCUT2D eigenvalue weighted by Crippen LogP contribution is 2.33. The lowest BCUT2D eigenvalue weighted by molar-refractivity contribution is 1.15. The first-order valence-corrected chi connectivity index (χ1v) is 9.30. The van der Waals surface area contributed by atoms with Crippen LogP contribution in [0.1, 0.15) is 11.5 Å². The Morgan fingerprint density at radius 1 is 1.00 bits per heavy atom. The van der Waals surface area contributed by atoms with E-state index in [1.165, 1.54) is 4.90 Å². The van der Waals surface area contributed by atoms with Crippen molar-refractivity contribution in [2.45, 2.75) is 16.1 Å². The van der Waals surface area contributed by atoms with E-state index in [1.54, 1.807) is 36.2 Å². The van der Waals surface area contributed by atoms with Crippen molar-refractivity contribution < 1.29 is 0 Å². The van der Waals surface area contributed by atoms with Crippen molar-refractivity contribution in [3.05, 3.63) is 88.6 Å². The minimum Gasteiger partial charge on any atom is -0.260 e. The summed E-state index contributed by atoms with van der Waals surface area (Å²) in [6, 6.07) is 17.7. The van der Waals surface area contributed by atoms with E-state index >= 15 is 0 Å². The van der Waals surface area contributed by atoms with Gasteiger partial charge in [-0.15, -0.1) is 11.8 Å². The monoisotopic (exact) mass is 384 g/mol. The predicted octanol–water partition coefficient (Wildman–Crippen LogP) is 6.29. The van der Waals surface area contributed by atoms with Crippen molar-refractivity contribution in [2.75, 3.05) is 0 Å². The standard InChI is InChI=1S/C20H14Cl2N2S/c21-17-7-4-8-18(22)20(17)16(13-23)19-10-9-15(11-12-24-19)25-14-5-2-1-3-6-14/h1-12,15-16H/t15-,16?/m1/s1. The number of halogens is 2. The molecular weight excluding hydrogens is 371 g/mol. The van der Waals surface area contributed by atoms with Gasteiger partial charge in [-0.1, -0.05) is 53.5 Å². The average molecular weight is 385 g/mol. The van der Waals surface area contributed by atoms with Gasteiger partial charge in [0.15, 0.2) is 0 Å². The van der Waals surface area contributed by atoms with Gasteiger partial charge < -0.3 is 0 Å². The minimum atomic E-state index is -0.609. The summed E-state index contributed by atoms with van der Waals surface area (Å²) in [5.74, 6) is -0.609. The highest BCUT2D eigenvalue weighted by molar-refractivity contribution is 8.00. The van der Waals surface area contributed by atoms with Gasteiger partial charge in [-0.25, -0.2) is 0 Å². The SMILES string of the molecule is N#CC(C1=NC=C[C@H](Sc2ccccc2)C=C1)c1c(Cl)cccc1Cl. The molecule has 2 nitrogen and oxygen atoms in total. The quantitative estimate of drug-likeness (QED) is 0.620. The topological polar surface area (TPSA) is 36.1 Å². The zero-order valence-electron chi connectivity index (χ0n) is 13.1. The molecule has 0 saturated heterocycles. The largest absolute Gasteiger partial charge is 0.260 e. The molecule has 1 heterocycles. The normalized spacial score (nSPS) is 17.5. The van der Waals surface area contributed by atoms with Crippen LogP contribution in [0.25, 0.3) is 0 Å². The van der Waals surface area contributed by atoms with Crippen molar-refractivity contribution in [2.24, 2.45) is 4.99 Å². The van der Waals surface area contributed by atoms with E-state index in [0.717, 1.165) is 0 Å². The van der Waals surface area contributed by atoms with Crippen LogP contribution >= 0.6 is 35.0 Å². The first-order chi connectivity index (χ1) is 12.2. The Morgan fingerprint density at radius 3 is 2.40 bits per heavy atom. The fraction of sp³-hybridized carbons (Fsp3) is 0.100. The molecule has 0 saturated carbocycles. The number of nitrogens with zero attached hydrogens (tertiary/aromatic N) is 2. The number of nitriles is 1. The van der Waals surface area contributed by atoms with Crippen LogP contribution in [0.15, 0.2) is 82.8 Å². The minimum absolute atomic E-state index is 0.143. The molecule has 25 heavy (non-hydrogen) atoms. The molecule has 3 rings (SSSR count). The lowest BCUT2D eigenvalue weighted by Gasteiger charge is -2.13. The number of hydrogen-bond donors (Lipinski definition) is 0. The zero-order chi connectivity index (χ0) is 17.6. The van der Waals surface area contributed by atoms with Crippen LogP contribution in [-0.4, -0.2) is 11.0 Å². The summed E-state index contributed by atoms with van der Waals surface area (Å²) in [6.45, 7) is 0. The van der Waals surface area contributed by atoms with E-state index in [1.807, 2.05) is 36.4 Å². The van der Waals surface area contributed by atoms with E-state index < -0.39 is 5.92 Å². The second kappa shape index (κ2) is 8.40. The number of benzene rings is 2. The van der Waals surface area contributed by atoms with Gasteiger partial charge in [0.2, 0.25) is 0 Å². The van der Waals surface area contributed by atoms with E-state index in [-0.39, 0.29) is 5.25 Å². The molecule has 124 valence electrons. The molecular formula is C20H14Cl2N2S. The molecule has 0 fully saturated rings. The molecule has 0 bridgehead atoms. The Balaban J connectivity index is 1.84. The van der Waals surface area contributed by atoms with Crippen LogP contribution in [-0.2, 0) is 0 Å². The Hall–Kier alpha value is -1.99. The van der Waals surface area contributed by atoms with Crippen LogP contribution in [0.4, 0.5) is 0 Å². The van der Waals surface area contributed by atoms with Crippen LogP contribution < -0.4 is 0 Å². The highest BCUT2D eigenvalue weighted by atomic mass is 35.5. The van der Waals surface area contributed by atoms with Gasteiger partial charge in [-0.3, -0.25) is 4.99 Å². The third kappa shape index (κ3) is 4.35. The van der Waals surface area contributed by atoms with E-state index in [4.69, 9.17) is 23.2 Å². The van der Waals surface area contributed by atoms with Gasteiger partial charge in [-0.2, -0.15) is 5.26 Å². The highest BCUT2D eigenvalue weighted by Gasteiger charge is 2.22. The third-order valence-electron chi connectivity index (χ3n) is 3.68. The number of rotatable bonds is 4. The van der Waals surface area contributed by atoms with Crippen LogP contribution in [0, 0.1) is 11.3 Å².